The normalized spacial score (nSPS) is 16.3. The highest BCUT2D eigenvalue weighted by Crippen LogP contribution is 2.49. The summed E-state index contributed by atoms with van der Waals surface area (Å²) in [6, 6.07) is 26.6. The molecule has 0 saturated heterocycles. The van der Waals surface area contributed by atoms with Gasteiger partial charge in [0.2, 0.25) is 9.84 Å². The SMILES string of the molecule is [NH3+]CCN1C(=O)c2ccccc2C1(c1ccc(O)cc1)c1ccc(Oc2ccc(S(=O)(=O)c3cccc(S(=O)(=O)O)c3)cc2S(=O)(=O)O)cc1. The van der Waals surface area contributed by atoms with E-state index in [2.05, 4.69) is 5.73 Å². The Morgan fingerprint density at radius 1 is 0.680 bits per heavy atom. The van der Waals surface area contributed by atoms with Crippen molar-refractivity contribution in [3.8, 4) is 17.2 Å². The summed E-state index contributed by atoms with van der Waals surface area (Å²) in [6.45, 7) is 0.691. The Kier molecular flexibility index (Phi) is 8.80. The van der Waals surface area contributed by atoms with E-state index in [9.17, 15) is 44.3 Å². The molecular formula is C34H29N2O11S3+. The summed E-state index contributed by atoms with van der Waals surface area (Å²) >= 11 is 0. The topological polar surface area (TPSA) is 220 Å². The quantitative estimate of drug-likeness (QED) is 0.152. The van der Waals surface area contributed by atoms with E-state index < -0.39 is 60.9 Å². The summed E-state index contributed by atoms with van der Waals surface area (Å²) in [4.78, 5) is 12.7. The predicted octanol–water partition coefficient (Wildman–Crippen LogP) is 3.50. The number of fused-ring (bicyclic) bond motifs is 1. The van der Waals surface area contributed by atoms with E-state index in [1.54, 1.807) is 41.3 Å². The number of quaternary nitrogens is 1. The summed E-state index contributed by atoms with van der Waals surface area (Å²) in [5.41, 5.74) is 5.33. The van der Waals surface area contributed by atoms with Gasteiger partial charge in [0.15, 0.2) is 0 Å². The third-order valence-electron chi connectivity index (χ3n) is 8.28. The van der Waals surface area contributed by atoms with Crippen LogP contribution in [0.1, 0.15) is 27.0 Å². The van der Waals surface area contributed by atoms with Gasteiger partial charge in [0.1, 0.15) is 27.7 Å². The van der Waals surface area contributed by atoms with Gasteiger partial charge in [0.05, 0.1) is 27.8 Å². The number of phenolic OH excluding ortho intramolecular Hbond substituents is 1. The van der Waals surface area contributed by atoms with Gasteiger partial charge in [-0.2, -0.15) is 16.8 Å². The first kappa shape index (κ1) is 34.8. The third-order valence-corrected chi connectivity index (χ3v) is 11.8. The standard InChI is InChI=1S/C34H28N2O11S3/c35-18-19-36-33(38)29-6-1-2-7-30(29)34(36,22-8-12-24(37)13-9-22)23-10-14-25(15-11-23)47-31-17-16-27(21-32(31)50(44,45)46)48(39,40)26-4-3-5-28(20-26)49(41,42)43/h1-17,20-21,37H,18-19,35H2,(H,41,42,43)(H,44,45,46)/p+1. The van der Waals surface area contributed by atoms with Gasteiger partial charge in [-0.25, -0.2) is 8.42 Å². The number of phenols is 1. The third kappa shape index (κ3) is 6.01. The lowest BCUT2D eigenvalue weighted by molar-refractivity contribution is -0.368. The molecule has 0 spiro atoms. The molecule has 5 aromatic carbocycles. The van der Waals surface area contributed by atoms with Gasteiger partial charge in [0, 0.05) is 5.56 Å². The number of amides is 1. The first-order valence-electron chi connectivity index (χ1n) is 14.8. The molecule has 1 atom stereocenters. The monoisotopic (exact) mass is 737 g/mol. The fourth-order valence-corrected chi connectivity index (χ4v) is 8.77. The molecule has 6 rings (SSSR count). The summed E-state index contributed by atoms with van der Waals surface area (Å²) in [5, 5.41) is 10.1. The smallest absolute Gasteiger partial charge is 0.298 e. The molecule has 13 nitrogen and oxygen atoms in total. The van der Waals surface area contributed by atoms with E-state index >= 15 is 0 Å². The van der Waals surface area contributed by atoms with Crippen molar-refractivity contribution in [1.29, 1.82) is 0 Å². The molecule has 0 radical (unpaired) electrons. The van der Waals surface area contributed by atoms with Crippen LogP contribution in [-0.4, -0.2) is 63.4 Å². The molecule has 1 aliphatic rings. The number of nitrogens with zero attached hydrogens (tertiary/aromatic N) is 1. The highest BCUT2D eigenvalue weighted by Gasteiger charge is 2.51. The molecule has 50 heavy (non-hydrogen) atoms. The second-order valence-corrected chi connectivity index (χ2v) is 16.0. The summed E-state index contributed by atoms with van der Waals surface area (Å²) < 4.78 is 99.9. The molecule has 1 amide bonds. The van der Waals surface area contributed by atoms with Crippen LogP contribution in [0.5, 0.6) is 17.2 Å². The summed E-state index contributed by atoms with van der Waals surface area (Å²) in [7, 11) is -14.4. The average molecular weight is 738 g/mol. The predicted molar refractivity (Wildman–Crippen MR) is 178 cm³/mol. The van der Waals surface area contributed by atoms with Crippen molar-refractivity contribution >= 4 is 36.0 Å². The average Bonchev–Trinajstić information content (AvgIpc) is 3.33. The van der Waals surface area contributed by atoms with Crippen molar-refractivity contribution in [2.45, 2.75) is 25.1 Å². The molecule has 5 aromatic rings. The van der Waals surface area contributed by atoms with E-state index in [-0.39, 0.29) is 17.4 Å². The minimum Gasteiger partial charge on any atom is -0.508 e. The molecule has 0 aromatic heterocycles. The zero-order valence-electron chi connectivity index (χ0n) is 25.9. The van der Waals surface area contributed by atoms with E-state index in [1.807, 2.05) is 12.1 Å². The number of rotatable bonds is 10. The highest BCUT2D eigenvalue weighted by atomic mass is 32.2. The van der Waals surface area contributed by atoms with Gasteiger partial charge in [0.25, 0.3) is 26.1 Å². The van der Waals surface area contributed by atoms with Crippen LogP contribution in [0.4, 0.5) is 0 Å². The van der Waals surface area contributed by atoms with Gasteiger partial charge in [-0.3, -0.25) is 13.9 Å². The Bertz CT molecular complexity index is 2470. The van der Waals surface area contributed by atoms with Crippen molar-refractivity contribution in [2.24, 2.45) is 0 Å². The van der Waals surface area contributed by atoms with E-state index in [1.165, 1.54) is 24.3 Å². The first-order chi connectivity index (χ1) is 23.6. The van der Waals surface area contributed by atoms with Crippen LogP contribution < -0.4 is 10.5 Å². The molecule has 258 valence electrons. The van der Waals surface area contributed by atoms with Gasteiger partial charge in [-0.15, -0.1) is 0 Å². The Morgan fingerprint density at radius 3 is 1.90 bits per heavy atom. The lowest BCUT2D eigenvalue weighted by Gasteiger charge is -2.40. The lowest BCUT2D eigenvalue weighted by atomic mass is 9.77. The fraction of sp³-hybridized carbons (Fsp3) is 0.0882. The Morgan fingerprint density at radius 2 is 1.28 bits per heavy atom. The van der Waals surface area contributed by atoms with Gasteiger partial charge < -0.3 is 20.5 Å². The van der Waals surface area contributed by atoms with E-state index in [0.717, 1.165) is 30.3 Å². The van der Waals surface area contributed by atoms with Gasteiger partial charge >= 0.3 is 0 Å². The number of carbonyl (C=O) groups is 1. The van der Waals surface area contributed by atoms with Crippen LogP contribution in [0.15, 0.2) is 135 Å². The molecule has 1 unspecified atom stereocenters. The zero-order valence-corrected chi connectivity index (χ0v) is 28.3. The number of aromatic hydroxyl groups is 1. The molecule has 16 heteroatoms. The maximum absolute atomic E-state index is 13.8. The van der Waals surface area contributed by atoms with Crippen LogP contribution in [0.3, 0.4) is 0 Å². The number of hydrogen-bond acceptors (Lipinski definition) is 9. The van der Waals surface area contributed by atoms with Gasteiger partial charge in [-0.1, -0.05) is 48.5 Å². The van der Waals surface area contributed by atoms with Crippen molar-refractivity contribution in [2.75, 3.05) is 13.1 Å². The second-order valence-electron chi connectivity index (χ2n) is 11.3. The minimum atomic E-state index is -5.07. The largest absolute Gasteiger partial charge is 0.508 e. The molecule has 1 heterocycles. The fourth-order valence-electron chi connectivity index (χ4n) is 6.12. The van der Waals surface area contributed by atoms with Gasteiger partial charge in [-0.05, 0) is 83.4 Å². The van der Waals surface area contributed by atoms with Crippen LogP contribution in [0.2, 0.25) is 0 Å². The lowest BCUT2D eigenvalue weighted by Crippen LogP contribution is -2.58. The van der Waals surface area contributed by atoms with Crippen molar-refractivity contribution in [1.82, 2.24) is 4.90 Å². The second kappa shape index (κ2) is 12.7. The van der Waals surface area contributed by atoms with Crippen LogP contribution in [-0.2, 0) is 35.6 Å². The highest BCUT2D eigenvalue weighted by molar-refractivity contribution is 7.91. The number of sulfone groups is 1. The number of hydrogen-bond donors (Lipinski definition) is 4. The Labute approximate surface area is 287 Å². The van der Waals surface area contributed by atoms with Crippen molar-refractivity contribution < 1.29 is 54.7 Å². The molecule has 1 aliphatic heterocycles. The van der Waals surface area contributed by atoms with Crippen LogP contribution >= 0.6 is 0 Å². The van der Waals surface area contributed by atoms with E-state index in [4.69, 9.17) is 4.74 Å². The Hall–Kier alpha value is -5.10. The number of carbonyl (C=O) groups excluding carboxylic acids is 1. The van der Waals surface area contributed by atoms with Crippen LogP contribution in [0, 0.1) is 0 Å². The van der Waals surface area contributed by atoms with Crippen LogP contribution in [0.25, 0.3) is 0 Å². The molecular weight excluding hydrogens is 709 g/mol. The zero-order chi connectivity index (χ0) is 36.1. The molecule has 6 N–H and O–H groups in total. The van der Waals surface area contributed by atoms with Crippen molar-refractivity contribution in [3.05, 3.63) is 138 Å². The number of benzene rings is 5. The maximum Gasteiger partial charge on any atom is 0.298 e. The summed E-state index contributed by atoms with van der Waals surface area (Å²) in [5.74, 6) is -0.499. The molecule has 0 aliphatic carbocycles. The molecule has 0 fully saturated rings. The molecule has 0 bridgehead atoms. The van der Waals surface area contributed by atoms with Crippen molar-refractivity contribution in [3.63, 3.8) is 0 Å². The molecule has 0 saturated carbocycles. The first-order valence-corrected chi connectivity index (χ1v) is 19.2. The Balaban J connectivity index is 1.42. The summed E-state index contributed by atoms with van der Waals surface area (Å²) in [6.07, 6.45) is 0. The maximum atomic E-state index is 13.8. The minimum absolute atomic E-state index is 0.0362. The van der Waals surface area contributed by atoms with E-state index in [0.29, 0.717) is 47.5 Å². The number of ether oxygens (including phenoxy) is 1.